The number of imidazole rings is 1. The minimum Gasteiger partial charge on any atom is -0.449 e. The second kappa shape index (κ2) is 8.14. The van der Waals surface area contributed by atoms with Crippen LogP contribution in [0.25, 0.3) is 0 Å². The number of ether oxygens (including phenoxy) is 1. The van der Waals surface area contributed by atoms with E-state index < -0.39 is 0 Å². The Labute approximate surface area is 174 Å². The molecule has 0 saturated heterocycles. The molecule has 0 saturated carbocycles. The largest absolute Gasteiger partial charge is 0.449 e. The molecule has 3 heterocycles. The van der Waals surface area contributed by atoms with Crippen molar-refractivity contribution >= 4 is 12.0 Å². The zero-order chi connectivity index (χ0) is 20.3. The van der Waals surface area contributed by atoms with Gasteiger partial charge in [-0.25, -0.2) is 19.3 Å². The lowest BCUT2D eigenvalue weighted by molar-refractivity contribution is -0.696. The standard InChI is InChI=1S/C22H24N6O2/c29-22(30-9-3-7-27-8-6-23-15-27)28-13-18-12-24-21(26-20(18)14-28)25-19-10-16-4-1-2-5-17(16)11-19/h1-2,4-6,8,12,15,19H,3,7,9-11,13-14H2,(H,24,25,26)/p+1. The molecule has 0 bridgehead atoms. The van der Waals surface area contributed by atoms with E-state index in [9.17, 15) is 4.79 Å². The van der Waals surface area contributed by atoms with E-state index in [0.717, 1.165) is 37.1 Å². The molecule has 154 valence electrons. The van der Waals surface area contributed by atoms with Crippen LogP contribution >= 0.6 is 0 Å². The molecule has 0 unspecified atom stereocenters. The minimum atomic E-state index is -0.298. The van der Waals surface area contributed by atoms with Gasteiger partial charge >= 0.3 is 6.09 Å². The Bertz CT molecular complexity index is 1010. The van der Waals surface area contributed by atoms with Gasteiger partial charge in [0.1, 0.15) is 12.4 Å². The van der Waals surface area contributed by atoms with E-state index in [2.05, 4.69) is 44.5 Å². The summed E-state index contributed by atoms with van der Waals surface area (Å²) in [4.78, 5) is 26.2. The lowest BCUT2D eigenvalue weighted by Gasteiger charge is -2.14. The van der Waals surface area contributed by atoms with Crippen molar-refractivity contribution in [1.29, 1.82) is 0 Å². The van der Waals surface area contributed by atoms with Crippen molar-refractivity contribution in [1.82, 2.24) is 19.9 Å². The number of rotatable bonds is 6. The molecular formula is C22H25N6O2+. The molecule has 1 amide bonds. The van der Waals surface area contributed by atoms with Gasteiger partial charge < -0.3 is 10.1 Å². The molecule has 1 aliphatic carbocycles. The number of carbonyl (C=O) groups excluding carboxylic acids is 1. The van der Waals surface area contributed by atoms with Crippen molar-refractivity contribution in [3.05, 3.63) is 71.6 Å². The smallest absolute Gasteiger partial charge is 0.410 e. The molecule has 8 nitrogen and oxygen atoms in total. The maximum atomic E-state index is 12.4. The predicted octanol–water partition coefficient (Wildman–Crippen LogP) is 2.21. The van der Waals surface area contributed by atoms with Gasteiger partial charge in [0, 0.05) is 24.2 Å². The Morgan fingerprint density at radius 1 is 1.23 bits per heavy atom. The van der Waals surface area contributed by atoms with E-state index in [1.807, 2.05) is 29.5 Å². The summed E-state index contributed by atoms with van der Waals surface area (Å²) in [5, 5.41) is 3.46. The quantitative estimate of drug-likeness (QED) is 0.485. The van der Waals surface area contributed by atoms with Crippen LogP contribution in [-0.2, 0) is 37.2 Å². The van der Waals surface area contributed by atoms with Gasteiger partial charge in [0.05, 0.1) is 31.9 Å². The summed E-state index contributed by atoms with van der Waals surface area (Å²) in [5.74, 6) is 0.630. The van der Waals surface area contributed by atoms with E-state index in [1.165, 1.54) is 11.1 Å². The summed E-state index contributed by atoms with van der Waals surface area (Å²) in [5.41, 5.74) is 4.65. The molecule has 1 aromatic carbocycles. The highest BCUT2D eigenvalue weighted by Gasteiger charge is 2.27. The molecule has 30 heavy (non-hydrogen) atoms. The van der Waals surface area contributed by atoms with Gasteiger partial charge in [0.15, 0.2) is 0 Å². The molecule has 8 heteroatoms. The number of aromatic amines is 1. The first-order valence-corrected chi connectivity index (χ1v) is 10.4. The monoisotopic (exact) mass is 405 g/mol. The van der Waals surface area contributed by atoms with Gasteiger partial charge in [-0.15, -0.1) is 0 Å². The molecule has 0 radical (unpaired) electrons. The summed E-state index contributed by atoms with van der Waals surface area (Å²) in [6.07, 6.45) is 9.96. The molecule has 1 aliphatic heterocycles. The topological polar surface area (TPSA) is 87.0 Å². The van der Waals surface area contributed by atoms with Crippen LogP contribution in [0, 0.1) is 0 Å². The zero-order valence-corrected chi connectivity index (χ0v) is 16.8. The van der Waals surface area contributed by atoms with Crippen molar-refractivity contribution in [2.75, 3.05) is 11.9 Å². The Hall–Kier alpha value is -3.42. The number of hydrogen-bond acceptors (Lipinski definition) is 5. The number of fused-ring (bicyclic) bond motifs is 2. The van der Waals surface area contributed by atoms with Gasteiger partial charge in [-0.1, -0.05) is 24.3 Å². The van der Waals surface area contributed by atoms with Crippen molar-refractivity contribution < 1.29 is 14.1 Å². The Kier molecular flexibility index (Phi) is 5.04. The molecule has 3 aromatic rings. The fraction of sp³-hybridized carbons (Fsp3) is 0.364. The van der Waals surface area contributed by atoms with Crippen LogP contribution in [0.5, 0.6) is 0 Å². The lowest BCUT2D eigenvalue weighted by Crippen LogP contribution is -2.32. The van der Waals surface area contributed by atoms with Crippen LogP contribution in [0.3, 0.4) is 0 Å². The van der Waals surface area contributed by atoms with Crippen molar-refractivity contribution in [2.24, 2.45) is 0 Å². The number of amides is 1. The van der Waals surface area contributed by atoms with Gasteiger partial charge in [0.25, 0.3) is 0 Å². The number of anilines is 1. The average Bonchev–Trinajstić information content (AvgIpc) is 3.49. The van der Waals surface area contributed by atoms with Gasteiger partial charge in [0.2, 0.25) is 12.3 Å². The predicted molar refractivity (Wildman–Crippen MR) is 109 cm³/mol. The fourth-order valence-electron chi connectivity index (χ4n) is 4.15. The minimum absolute atomic E-state index is 0.298. The first-order chi connectivity index (χ1) is 14.7. The second-order valence-electron chi connectivity index (χ2n) is 7.86. The molecule has 2 aliphatic rings. The third kappa shape index (κ3) is 3.98. The highest BCUT2D eigenvalue weighted by atomic mass is 16.6. The summed E-state index contributed by atoms with van der Waals surface area (Å²) < 4.78 is 7.45. The van der Waals surface area contributed by atoms with Gasteiger partial charge in [-0.05, 0) is 24.0 Å². The molecular weight excluding hydrogens is 380 g/mol. The third-order valence-electron chi connectivity index (χ3n) is 5.69. The van der Waals surface area contributed by atoms with E-state index in [4.69, 9.17) is 4.74 Å². The van der Waals surface area contributed by atoms with Gasteiger partial charge in [-0.3, -0.25) is 9.88 Å². The highest BCUT2D eigenvalue weighted by Crippen LogP contribution is 2.25. The van der Waals surface area contributed by atoms with Crippen molar-refractivity contribution in [3.8, 4) is 0 Å². The number of aryl methyl sites for hydroxylation is 1. The lowest BCUT2D eigenvalue weighted by atomic mass is 10.1. The van der Waals surface area contributed by atoms with Crippen LogP contribution in [-0.4, -0.2) is 38.6 Å². The van der Waals surface area contributed by atoms with E-state index in [-0.39, 0.29) is 6.09 Å². The number of H-pyrrole nitrogens is 1. The van der Waals surface area contributed by atoms with Crippen LogP contribution in [0.15, 0.2) is 49.2 Å². The number of hydrogen-bond donors (Lipinski definition) is 2. The fourth-order valence-corrected chi connectivity index (χ4v) is 4.15. The van der Waals surface area contributed by atoms with E-state index in [0.29, 0.717) is 31.7 Å². The zero-order valence-electron chi connectivity index (χ0n) is 16.8. The van der Waals surface area contributed by atoms with Crippen LogP contribution < -0.4 is 9.88 Å². The number of benzene rings is 1. The Morgan fingerprint density at radius 3 is 2.83 bits per heavy atom. The normalized spacial score (nSPS) is 15.1. The summed E-state index contributed by atoms with van der Waals surface area (Å²) in [6.45, 7) is 2.16. The van der Waals surface area contributed by atoms with Crippen molar-refractivity contribution in [2.45, 2.75) is 44.9 Å². The van der Waals surface area contributed by atoms with Gasteiger partial charge in [-0.2, -0.15) is 0 Å². The molecule has 0 atom stereocenters. The molecule has 2 aromatic heterocycles. The van der Waals surface area contributed by atoms with Crippen LogP contribution in [0.4, 0.5) is 10.7 Å². The molecule has 0 spiro atoms. The van der Waals surface area contributed by atoms with E-state index >= 15 is 0 Å². The summed E-state index contributed by atoms with van der Waals surface area (Å²) >= 11 is 0. The third-order valence-corrected chi connectivity index (χ3v) is 5.69. The number of aromatic nitrogens is 4. The average molecular weight is 405 g/mol. The Balaban J connectivity index is 1.12. The number of nitrogens with one attached hydrogen (secondary N) is 2. The van der Waals surface area contributed by atoms with Crippen LogP contribution in [0.2, 0.25) is 0 Å². The first-order valence-electron chi connectivity index (χ1n) is 10.4. The maximum absolute atomic E-state index is 12.4. The summed E-state index contributed by atoms with van der Waals surface area (Å²) in [6, 6.07) is 8.84. The van der Waals surface area contributed by atoms with E-state index in [1.54, 1.807) is 4.90 Å². The van der Waals surface area contributed by atoms with Crippen LogP contribution in [0.1, 0.15) is 28.8 Å². The number of carbonyl (C=O) groups is 1. The molecule has 5 rings (SSSR count). The second-order valence-corrected chi connectivity index (χ2v) is 7.86. The SMILES string of the molecule is O=C(OCCC[n+]1cc[nH]c1)N1Cc2cnc(NC3Cc4ccccc4C3)nc2C1. The number of nitrogens with zero attached hydrogens (tertiary/aromatic N) is 4. The maximum Gasteiger partial charge on any atom is 0.410 e. The highest BCUT2D eigenvalue weighted by molar-refractivity contribution is 5.68. The Morgan fingerprint density at radius 2 is 2.07 bits per heavy atom. The first kappa shape index (κ1) is 18.6. The van der Waals surface area contributed by atoms with Crippen molar-refractivity contribution in [3.63, 3.8) is 0 Å². The molecule has 0 fully saturated rings. The summed E-state index contributed by atoms with van der Waals surface area (Å²) in [7, 11) is 0. The molecule has 2 N–H and O–H groups in total.